The number of ketones is 2. The van der Waals surface area contributed by atoms with E-state index in [1.807, 2.05) is 4.90 Å². The van der Waals surface area contributed by atoms with Gasteiger partial charge in [0.1, 0.15) is 23.0 Å². The Morgan fingerprint density at radius 1 is 0.620 bits per heavy atom. The Balaban J connectivity index is 0.000000421. The van der Waals surface area contributed by atoms with Gasteiger partial charge in [-0.1, -0.05) is 87.4 Å². The van der Waals surface area contributed by atoms with Crippen molar-refractivity contribution in [1.82, 2.24) is 10.2 Å². The number of halogens is 13. The number of nitrogens with one attached hydrogen (secondary N) is 1. The SMILES string of the molecule is C.C.C.CC#N.FC(F)(F)c1ccc(OC[C@@H]2CCCNC2)cc1.O=C(CBr)C1(c2ccccc2OC(F)(F)F)CCC1.O=C(CN1CCC[C@@H](COc2ccc(C(F)(F)F)cc2)C1)C1(c2ccccc2OC(F)(F)F)CCC1. The number of nitrogens with zero attached hydrogens (tertiary/aromatic N) is 2. The quantitative estimate of drug-likeness (QED) is 0.0919. The highest BCUT2D eigenvalue weighted by Gasteiger charge is 2.49. The normalized spacial score (nSPS) is 18.4. The lowest BCUT2D eigenvalue weighted by Crippen LogP contribution is -2.50. The van der Waals surface area contributed by atoms with Crippen molar-refractivity contribution < 1.29 is 81.2 Å². The maximum atomic E-state index is 13.4. The van der Waals surface area contributed by atoms with E-state index < -0.39 is 47.0 Å². The van der Waals surface area contributed by atoms with Crippen LogP contribution in [-0.2, 0) is 32.8 Å². The second-order valence-corrected chi connectivity index (χ2v) is 19.3. The topological polar surface area (TPSA) is 110 Å². The number of para-hydroxylation sites is 2. The summed E-state index contributed by atoms with van der Waals surface area (Å²) in [6, 6.07) is 22.8. The van der Waals surface area contributed by atoms with Crippen LogP contribution in [0.4, 0.5) is 52.7 Å². The highest BCUT2D eigenvalue weighted by Crippen LogP contribution is 2.50. The molecule has 0 bridgehead atoms. The molecular formula is C57H70BrF12N3O6. The number of carbonyl (C=O) groups is 2. The van der Waals surface area contributed by atoms with Gasteiger partial charge in [-0.25, -0.2) is 0 Å². The Bertz CT molecular complexity index is 2500. The fraction of sp³-hybridized carbons (Fsp3) is 0.526. The predicted octanol–water partition coefficient (Wildman–Crippen LogP) is 15.9. The number of hydrogen-bond acceptors (Lipinski definition) is 9. The molecular weight excluding hydrogens is 1130 g/mol. The smallest absolute Gasteiger partial charge is 0.493 e. The summed E-state index contributed by atoms with van der Waals surface area (Å²) in [7, 11) is 0. The zero-order chi connectivity index (χ0) is 55.8. The molecule has 2 aliphatic heterocycles. The molecule has 0 unspecified atom stereocenters. The van der Waals surface area contributed by atoms with Gasteiger partial charge in [0.05, 0.1) is 53.1 Å². The zero-order valence-electron chi connectivity index (χ0n) is 41.4. The molecule has 4 fully saturated rings. The Hall–Kier alpha value is -5.53. The first kappa shape index (κ1) is 69.6. The van der Waals surface area contributed by atoms with Crippen molar-refractivity contribution in [3.63, 3.8) is 0 Å². The number of hydrogen-bond donors (Lipinski definition) is 1. The van der Waals surface area contributed by atoms with Gasteiger partial charge in [0.25, 0.3) is 0 Å². The number of piperidine rings is 2. The van der Waals surface area contributed by atoms with Gasteiger partial charge in [-0.15, -0.1) is 26.3 Å². The van der Waals surface area contributed by atoms with Crippen LogP contribution in [0.5, 0.6) is 23.0 Å². The van der Waals surface area contributed by atoms with Crippen LogP contribution in [0.1, 0.15) is 116 Å². The van der Waals surface area contributed by atoms with Crippen LogP contribution in [0.3, 0.4) is 0 Å². The lowest BCUT2D eigenvalue weighted by atomic mass is 9.61. The number of carbonyl (C=O) groups excluding carboxylic acids is 2. The van der Waals surface area contributed by atoms with E-state index in [0.29, 0.717) is 75.0 Å². The molecule has 79 heavy (non-hydrogen) atoms. The number of rotatable bonds is 15. The third-order valence-electron chi connectivity index (χ3n) is 13.6. The Labute approximate surface area is 463 Å². The van der Waals surface area contributed by atoms with E-state index in [2.05, 4.69) is 30.7 Å². The third kappa shape index (κ3) is 20.5. The minimum absolute atomic E-state index is 0. The molecule has 9 nitrogen and oxygen atoms in total. The first-order valence-corrected chi connectivity index (χ1v) is 25.6. The largest absolute Gasteiger partial charge is 0.573 e. The second kappa shape index (κ2) is 30.9. The number of ether oxygens (including phenoxy) is 4. The van der Waals surface area contributed by atoms with Crippen LogP contribution in [-0.4, -0.2) is 80.5 Å². The molecule has 4 aromatic rings. The molecule has 4 aromatic carbocycles. The van der Waals surface area contributed by atoms with Crippen LogP contribution >= 0.6 is 15.9 Å². The molecule has 0 amide bonds. The van der Waals surface area contributed by atoms with E-state index in [0.717, 1.165) is 75.9 Å². The summed E-state index contributed by atoms with van der Waals surface area (Å²) >= 11 is 3.10. The molecule has 0 spiro atoms. The predicted molar refractivity (Wildman–Crippen MR) is 281 cm³/mol. The van der Waals surface area contributed by atoms with Gasteiger partial charge < -0.3 is 24.3 Å². The van der Waals surface area contributed by atoms with Crippen LogP contribution in [0.2, 0.25) is 0 Å². The number of nitriles is 1. The number of alkyl halides is 13. The van der Waals surface area contributed by atoms with Crippen molar-refractivity contribution >= 4 is 27.5 Å². The van der Waals surface area contributed by atoms with Crippen LogP contribution in [0.25, 0.3) is 0 Å². The molecule has 4 aliphatic rings. The summed E-state index contributed by atoms with van der Waals surface area (Å²) in [5.74, 6) is 0.518. The summed E-state index contributed by atoms with van der Waals surface area (Å²) < 4.78 is 171. The Morgan fingerprint density at radius 2 is 1.03 bits per heavy atom. The molecule has 0 aromatic heterocycles. The molecule has 2 aliphatic carbocycles. The summed E-state index contributed by atoms with van der Waals surface area (Å²) in [6.45, 7) is 5.58. The lowest BCUT2D eigenvalue weighted by Gasteiger charge is -2.43. The van der Waals surface area contributed by atoms with Crippen molar-refractivity contribution in [2.45, 2.75) is 129 Å². The lowest BCUT2D eigenvalue weighted by molar-refractivity contribution is -0.276. The van der Waals surface area contributed by atoms with Gasteiger partial charge in [0.2, 0.25) is 0 Å². The summed E-state index contributed by atoms with van der Waals surface area (Å²) in [5.41, 5.74) is -2.60. The zero-order valence-corrected chi connectivity index (χ0v) is 43.0. The molecule has 2 heterocycles. The summed E-state index contributed by atoms with van der Waals surface area (Å²) in [6.07, 6.45) is -10.8. The van der Waals surface area contributed by atoms with Gasteiger partial charge in [-0.3, -0.25) is 14.5 Å². The van der Waals surface area contributed by atoms with E-state index in [-0.39, 0.29) is 68.7 Å². The van der Waals surface area contributed by atoms with Crippen molar-refractivity contribution in [1.29, 1.82) is 5.26 Å². The summed E-state index contributed by atoms with van der Waals surface area (Å²) in [5, 5.41) is 10.7. The highest BCUT2D eigenvalue weighted by molar-refractivity contribution is 9.09. The summed E-state index contributed by atoms with van der Waals surface area (Å²) in [4.78, 5) is 27.5. The van der Waals surface area contributed by atoms with Gasteiger partial charge in [-0.2, -0.15) is 31.6 Å². The molecule has 2 saturated heterocycles. The van der Waals surface area contributed by atoms with Crippen LogP contribution in [0, 0.1) is 23.2 Å². The van der Waals surface area contributed by atoms with E-state index in [9.17, 15) is 62.3 Å². The second-order valence-electron chi connectivity index (χ2n) is 18.8. The maximum Gasteiger partial charge on any atom is 0.573 e. The first-order valence-electron chi connectivity index (χ1n) is 24.5. The van der Waals surface area contributed by atoms with Gasteiger partial charge in [0.15, 0.2) is 11.6 Å². The van der Waals surface area contributed by atoms with Gasteiger partial charge in [0, 0.05) is 43.0 Å². The van der Waals surface area contributed by atoms with Crippen molar-refractivity contribution in [3.05, 3.63) is 119 Å². The minimum Gasteiger partial charge on any atom is -0.493 e. The highest BCUT2D eigenvalue weighted by atomic mass is 79.9. The van der Waals surface area contributed by atoms with Crippen LogP contribution < -0.4 is 24.3 Å². The standard InChI is InChI=1S/C26H27F6NO3.C13H12BrF3O2.C13H16F3NO.C2H3N.3CH4/c27-25(28,29)19-8-10-20(11-9-19)35-17-18-5-3-14-33(15-18)16-23(34)24(12-4-13-24)21-6-1-2-7-22(21)36-26(30,31)32;14-8-11(18)12(6-3-7-12)9-4-1-2-5-10(9)19-13(15,16)17;14-13(15,16)11-3-5-12(6-4-11)18-9-10-2-1-7-17-8-10;1-2-3;;;/h1-2,6-11,18H,3-5,12-17H2;1-2,4-5H,3,6-8H2;3-6,10,17H,1-2,7-9H2;1H3;3*1H4/t18-;;10-;;;;/m1.1..../s1. The van der Waals surface area contributed by atoms with E-state index >= 15 is 0 Å². The number of likely N-dealkylation sites (tertiary alicyclic amines) is 1. The molecule has 2 atom stereocenters. The third-order valence-corrected chi connectivity index (χ3v) is 14.1. The molecule has 440 valence electrons. The average molecular weight is 1200 g/mol. The Morgan fingerprint density at radius 3 is 1.39 bits per heavy atom. The first-order chi connectivity index (χ1) is 35.8. The van der Waals surface area contributed by atoms with Gasteiger partial charge in [-0.05, 0) is 125 Å². The van der Waals surface area contributed by atoms with E-state index in [1.54, 1.807) is 24.3 Å². The Kier molecular flexibility index (Phi) is 27.2. The minimum atomic E-state index is -4.85. The molecule has 2 saturated carbocycles. The number of Topliss-reactive ketones (excluding diaryl/α,β-unsaturated/α-hetero) is 2. The molecule has 22 heteroatoms. The maximum absolute atomic E-state index is 13.4. The van der Waals surface area contributed by atoms with Crippen molar-refractivity contribution in [2.75, 3.05) is 51.3 Å². The van der Waals surface area contributed by atoms with Crippen molar-refractivity contribution in [2.24, 2.45) is 11.8 Å². The monoisotopic (exact) mass is 1200 g/mol. The van der Waals surface area contributed by atoms with Gasteiger partial charge >= 0.3 is 25.1 Å². The fourth-order valence-electron chi connectivity index (χ4n) is 9.50. The molecule has 1 N–H and O–H groups in total. The molecule has 8 rings (SSSR count). The molecule has 0 radical (unpaired) electrons. The average Bonchev–Trinajstić information content (AvgIpc) is 3.33. The number of benzene rings is 4. The fourth-order valence-corrected chi connectivity index (χ4v) is 10.0. The van der Waals surface area contributed by atoms with Crippen LogP contribution in [0.15, 0.2) is 97.1 Å². The van der Waals surface area contributed by atoms with Crippen molar-refractivity contribution in [3.8, 4) is 29.1 Å². The van der Waals surface area contributed by atoms with E-state index in [1.165, 1.54) is 61.5 Å². The van der Waals surface area contributed by atoms with E-state index in [4.69, 9.17) is 14.7 Å².